The molecule has 0 saturated heterocycles. The maximum absolute atomic E-state index is 5.07. The van der Waals surface area contributed by atoms with Crippen LogP contribution < -0.4 is 0 Å². The van der Waals surface area contributed by atoms with Crippen molar-refractivity contribution < 1.29 is 0 Å². The van der Waals surface area contributed by atoms with Gasteiger partial charge in [-0.25, -0.2) is 4.98 Å². The predicted octanol–water partition coefficient (Wildman–Crippen LogP) is 6.77. The first-order valence-corrected chi connectivity index (χ1v) is 9.67. The van der Waals surface area contributed by atoms with Crippen molar-refractivity contribution in [2.24, 2.45) is 0 Å². The smallest absolute Gasteiger partial charge is 0.145 e. The molecular weight excluding hydrogens is 340 g/mol. The number of fused-ring (bicyclic) bond motifs is 3. The molecule has 0 amide bonds. The summed E-state index contributed by atoms with van der Waals surface area (Å²) >= 11 is 0. The third-order valence-corrected chi connectivity index (χ3v) is 5.46. The Kier molecular flexibility index (Phi) is 3.80. The lowest BCUT2D eigenvalue weighted by molar-refractivity contribution is 1.08. The zero-order valence-electron chi connectivity index (χ0n) is 16.4. The lowest BCUT2D eigenvalue weighted by Crippen LogP contribution is -2.01. The highest BCUT2D eigenvalue weighted by atomic mass is 15.1. The second-order valence-corrected chi connectivity index (χ2v) is 7.58. The fourth-order valence-electron chi connectivity index (χ4n) is 3.93. The summed E-state index contributed by atoms with van der Waals surface area (Å²) in [6, 6.07) is 28.1. The number of imidazole rings is 1. The van der Waals surface area contributed by atoms with Crippen LogP contribution in [0, 0.1) is 20.8 Å². The average Bonchev–Trinajstić information content (AvgIpc) is 3.10. The molecule has 2 heteroatoms. The first-order valence-electron chi connectivity index (χ1n) is 9.67. The Balaban J connectivity index is 1.96. The van der Waals surface area contributed by atoms with Gasteiger partial charge >= 0.3 is 0 Å². The minimum absolute atomic E-state index is 0.986. The molecule has 1 heterocycles. The highest BCUT2D eigenvalue weighted by molar-refractivity contribution is 6.06. The van der Waals surface area contributed by atoms with Crippen LogP contribution in [-0.2, 0) is 0 Å². The SMILES string of the molecule is Cc1ccc(-c2nc3ccc4ccccc4c3n2-c2cc(C)ccc2C)cc1. The van der Waals surface area contributed by atoms with E-state index < -0.39 is 0 Å². The molecule has 0 unspecified atom stereocenters. The Labute approximate surface area is 165 Å². The Morgan fingerprint density at radius 1 is 0.714 bits per heavy atom. The van der Waals surface area contributed by atoms with Crippen molar-refractivity contribution in [2.75, 3.05) is 0 Å². The van der Waals surface area contributed by atoms with Gasteiger partial charge in [0.05, 0.1) is 16.7 Å². The summed E-state index contributed by atoms with van der Waals surface area (Å²) in [6.07, 6.45) is 0. The molecule has 5 aromatic rings. The first-order chi connectivity index (χ1) is 13.6. The summed E-state index contributed by atoms with van der Waals surface area (Å²) < 4.78 is 2.34. The zero-order valence-corrected chi connectivity index (χ0v) is 16.4. The van der Waals surface area contributed by atoms with Gasteiger partial charge in [0.1, 0.15) is 5.82 Å². The normalized spacial score (nSPS) is 11.4. The molecular formula is C26H22N2. The highest BCUT2D eigenvalue weighted by Gasteiger charge is 2.18. The molecule has 0 aliphatic rings. The van der Waals surface area contributed by atoms with Crippen LogP contribution in [-0.4, -0.2) is 9.55 Å². The first kappa shape index (κ1) is 16.8. The molecule has 5 rings (SSSR count). The van der Waals surface area contributed by atoms with Crippen LogP contribution in [0.4, 0.5) is 0 Å². The fourth-order valence-corrected chi connectivity index (χ4v) is 3.93. The number of nitrogens with zero attached hydrogens (tertiary/aromatic N) is 2. The van der Waals surface area contributed by atoms with Crippen LogP contribution in [0.5, 0.6) is 0 Å². The number of aryl methyl sites for hydroxylation is 3. The second kappa shape index (κ2) is 6.35. The molecule has 2 nitrogen and oxygen atoms in total. The van der Waals surface area contributed by atoms with Crippen molar-refractivity contribution in [2.45, 2.75) is 20.8 Å². The molecule has 1 aromatic heterocycles. The molecule has 0 spiro atoms. The van der Waals surface area contributed by atoms with E-state index in [1.807, 2.05) is 0 Å². The predicted molar refractivity (Wildman–Crippen MR) is 118 cm³/mol. The lowest BCUT2D eigenvalue weighted by atomic mass is 10.1. The standard InChI is InChI=1S/C26H22N2/c1-17-9-12-21(13-10-17)26-27-23-15-14-20-6-4-5-7-22(20)25(23)28(26)24-16-18(2)8-11-19(24)3/h4-16H,1-3H3. The maximum atomic E-state index is 5.07. The average molecular weight is 362 g/mol. The van der Waals surface area contributed by atoms with Gasteiger partial charge < -0.3 is 0 Å². The summed E-state index contributed by atoms with van der Waals surface area (Å²) in [7, 11) is 0. The number of benzene rings is 4. The van der Waals surface area contributed by atoms with Crippen molar-refractivity contribution in [3.63, 3.8) is 0 Å². The van der Waals surface area contributed by atoms with Gasteiger partial charge in [-0.05, 0) is 49.4 Å². The second-order valence-electron chi connectivity index (χ2n) is 7.58. The molecule has 0 fully saturated rings. The van der Waals surface area contributed by atoms with E-state index >= 15 is 0 Å². The Hall–Kier alpha value is -3.39. The van der Waals surface area contributed by atoms with Crippen molar-refractivity contribution in [1.29, 1.82) is 0 Å². The summed E-state index contributed by atoms with van der Waals surface area (Å²) in [5, 5.41) is 2.46. The molecule has 0 saturated carbocycles. The van der Waals surface area contributed by atoms with Gasteiger partial charge in [0, 0.05) is 10.9 Å². The summed E-state index contributed by atoms with van der Waals surface area (Å²) in [4.78, 5) is 5.07. The van der Waals surface area contributed by atoms with Gasteiger partial charge in [-0.15, -0.1) is 0 Å². The Bertz CT molecular complexity index is 1320. The van der Waals surface area contributed by atoms with Crippen LogP contribution in [0.1, 0.15) is 16.7 Å². The van der Waals surface area contributed by atoms with Crippen LogP contribution >= 0.6 is 0 Å². The molecule has 0 N–H and O–H groups in total. The van der Waals surface area contributed by atoms with E-state index in [1.165, 1.54) is 38.7 Å². The topological polar surface area (TPSA) is 17.8 Å². The number of aromatic nitrogens is 2. The molecule has 0 bridgehead atoms. The zero-order chi connectivity index (χ0) is 19.3. The van der Waals surface area contributed by atoms with Crippen molar-refractivity contribution in [3.05, 3.63) is 95.6 Å². The Morgan fingerprint density at radius 3 is 2.29 bits per heavy atom. The van der Waals surface area contributed by atoms with Crippen LogP contribution in [0.2, 0.25) is 0 Å². The van der Waals surface area contributed by atoms with E-state index in [1.54, 1.807) is 0 Å². The van der Waals surface area contributed by atoms with Gasteiger partial charge in [0.15, 0.2) is 0 Å². The minimum Gasteiger partial charge on any atom is -0.291 e. The number of hydrogen-bond donors (Lipinski definition) is 0. The maximum Gasteiger partial charge on any atom is 0.145 e. The van der Waals surface area contributed by atoms with Gasteiger partial charge in [0.2, 0.25) is 0 Å². The third kappa shape index (κ3) is 2.61. The van der Waals surface area contributed by atoms with Crippen LogP contribution in [0.3, 0.4) is 0 Å². The largest absolute Gasteiger partial charge is 0.291 e. The summed E-state index contributed by atoms with van der Waals surface area (Å²) in [5.41, 5.74) is 8.26. The lowest BCUT2D eigenvalue weighted by Gasteiger charge is -2.14. The molecule has 0 aliphatic heterocycles. The quantitative estimate of drug-likeness (QED) is 0.339. The third-order valence-electron chi connectivity index (χ3n) is 5.46. The van der Waals surface area contributed by atoms with Crippen molar-refractivity contribution in [3.8, 4) is 17.1 Å². The van der Waals surface area contributed by atoms with Gasteiger partial charge in [0.25, 0.3) is 0 Å². The van der Waals surface area contributed by atoms with Crippen molar-refractivity contribution >= 4 is 21.8 Å². The monoisotopic (exact) mass is 362 g/mol. The summed E-state index contributed by atoms with van der Waals surface area (Å²) in [5.74, 6) is 0.986. The highest BCUT2D eigenvalue weighted by Crippen LogP contribution is 2.34. The molecule has 136 valence electrons. The van der Waals surface area contributed by atoms with Crippen molar-refractivity contribution in [1.82, 2.24) is 9.55 Å². The Morgan fingerprint density at radius 2 is 1.46 bits per heavy atom. The molecule has 0 radical (unpaired) electrons. The molecule has 28 heavy (non-hydrogen) atoms. The van der Waals surface area contributed by atoms with E-state index in [9.17, 15) is 0 Å². The number of rotatable bonds is 2. The molecule has 4 aromatic carbocycles. The summed E-state index contributed by atoms with van der Waals surface area (Å²) in [6.45, 7) is 6.43. The van der Waals surface area contributed by atoms with E-state index in [0.29, 0.717) is 0 Å². The van der Waals surface area contributed by atoms with E-state index in [-0.39, 0.29) is 0 Å². The minimum atomic E-state index is 0.986. The van der Waals surface area contributed by atoms with Gasteiger partial charge in [-0.2, -0.15) is 0 Å². The van der Waals surface area contributed by atoms with E-state index in [0.717, 1.165) is 16.9 Å². The molecule has 0 aliphatic carbocycles. The van der Waals surface area contributed by atoms with Gasteiger partial charge in [-0.3, -0.25) is 4.57 Å². The number of hydrogen-bond acceptors (Lipinski definition) is 1. The fraction of sp³-hybridized carbons (Fsp3) is 0.115. The van der Waals surface area contributed by atoms with E-state index in [4.69, 9.17) is 4.98 Å². The molecule has 0 atom stereocenters. The van der Waals surface area contributed by atoms with E-state index in [2.05, 4.69) is 104 Å². The van der Waals surface area contributed by atoms with Crippen LogP contribution in [0.25, 0.3) is 38.9 Å². The van der Waals surface area contributed by atoms with Crippen LogP contribution in [0.15, 0.2) is 78.9 Å². The van der Waals surface area contributed by atoms with Gasteiger partial charge in [-0.1, -0.05) is 72.3 Å².